The summed E-state index contributed by atoms with van der Waals surface area (Å²) < 4.78 is 31.0. The third-order valence-electron chi connectivity index (χ3n) is 4.70. The highest BCUT2D eigenvalue weighted by Gasteiger charge is 2.31. The Bertz CT molecular complexity index is 1110. The first-order chi connectivity index (χ1) is 13.2. The van der Waals surface area contributed by atoms with Crippen LogP contribution in [-0.2, 0) is 0 Å². The Morgan fingerprint density at radius 2 is 2.00 bits per heavy atom. The lowest BCUT2D eigenvalue weighted by Crippen LogP contribution is -2.25. The fourth-order valence-electron chi connectivity index (χ4n) is 3.49. The second kappa shape index (κ2) is 6.08. The molecule has 0 N–H and O–H groups in total. The number of hydrogen-bond donors (Lipinski definition) is 0. The van der Waals surface area contributed by atoms with E-state index in [9.17, 15) is 8.78 Å². The van der Waals surface area contributed by atoms with Crippen LogP contribution in [0.4, 0.5) is 14.6 Å². The Balaban J connectivity index is 1.58. The fourth-order valence-corrected chi connectivity index (χ4v) is 3.49. The van der Waals surface area contributed by atoms with Gasteiger partial charge in [-0.05, 0) is 31.0 Å². The summed E-state index contributed by atoms with van der Waals surface area (Å²) in [6, 6.07) is 3.58. The topological polar surface area (TPSA) is 77.0 Å². The molecular formula is C17H14F2N8. The molecule has 136 valence electrons. The SMILES string of the molecule is Fc1ccc(F)c(C2CCCN2c2ccn3ncc(-n4cncn4)c3n2)n1. The molecule has 1 aliphatic heterocycles. The lowest BCUT2D eigenvalue weighted by atomic mass is 10.1. The van der Waals surface area contributed by atoms with Crippen molar-refractivity contribution in [3.63, 3.8) is 0 Å². The van der Waals surface area contributed by atoms with E-state index in [1.165, 1.54) is 6.33 Å². The minimum Gasteiger partial charge on any atom is -0.348 e. The first-order valence-electron chi connectivity index (χ1n) is 8.49. The van der Waals surface area contributed by atoms with Gasteiger partial charge in [-0.1, -0.05) is 0 Å². The van der Waals surface area contributed by atoms with E-state index in [1.807, 2.05) is 4.90 Å². The molecule has 0 aliphatic carbocycles. The third-order valence-corrected chi connectivity index (χ3v) is 4.70. The van der Waals surface area contributed by atoms with Crippen LogP contribution in [0.5, 0.6) is 0 Å². The summed E-state index contributed by atoms with van der Waals surface area (Å²) in [6.07, 6.45) is 7.94. The third kappa shape index (κ3) is 2.60. The van der Waals surface area contributed by atoms with Gasteiger partial charge in [-0.3, -0.25) is 0 Å². The number of rotatable bonds is 3. The molecule has 0 bridgehead atoms. The largest absolute Gasteiger partial charge is 0.348 e. The average Bonchev–Trinajstić information content (AvgIpc) is 3.42. The Morgan fingerprint density at radius 1 is 1.07 bits per heavy atom. The number of hydrogen-bond acceptors (Lipinski definition) is 6. The molecule has 0 aromatic carbocycles. The van der Waals surface area contributed by atoms with Crippen molar-refractivity contribution in [3.05, 3.63) is 60.7 Å². The molecule has 8 nitrogen and oxygen atoms in total. The highest BCUT2D eigenvalue weighted by atomic mass is 19.1. The number of fused-ring (bicyclic) bond motifs is 1. The number of pyridine rings is 1. The van der Waals surface area contributed by atoms with Gasteiger partial charge in [0.2, 0.25) is 5.95 Å². The molecule has 27 heavy (non-hydrogen) atoms. The van der Waals surface area contributed by atoms with Gasteiger partial charge in [0.05, 0.1) is 12.2 Å². The van der Waals surface area contributed by atoms with E-state index < -0.39 is 11.8 Å². The van der Waals surface area contributed by atoms with Crippen molar-refractivity contribution in [2.75, 3.05) is 11.4 Å². The van der Waals surface area contributed by atoms with Crippen LogP contribution in [0, 0.1) is 11.8 Å². The Labute approximate surface area is 152 Å². The van der Waals surface area contributed by atoms with E-state index >= 15 is 0 Å². The van der Waals surface area contributed by atoms with Crippen LogP contribution < -0.4 is 4.90 Å². The molecule has 4 aromatic heterocycles. The first kappa shape index (κ1) is 15.8. The minimum atomic E-state index is -0.689. The molecular weight excluding hydrogens is 354 g/mol. The van der Waals surface area contributed by atoms with E-state index in [2.05, 4.69) is 20.2 Å². The van der Waals surface area contributed by atoms with Gasteiger partial charge in [-0.25, -0.2) is 28.5 Å². The van der Waals surface area contributed by atoms with Gasteiger partial charge in [0.1, 0.15) is 35.7 Å². The van der Waals surface area contributed by atoms with Crippen LogP contribution in [-0.4, -0.2) is 40.9 Å². The van der Waals surface area contributed by atoms with Crippen LogP contribution in [0.2, 0.25) is 0 Å². The lowest BCUT2D eigenvalue weighted by molar-refractivity contribution is 0.518. The Morgan fingerprint density at radius 3 is 2.85 bits per heavy atom. The molecule has 5 rings (SSSR count). The summed E-state index contributed by atoms with van der Waals surface area (Å²) in [5.41, 5.74) is 1.38. The fraction of sp³-hybridized carbons (Fsp3) is 0.235. The van der Waals surface area contributed by atoms with Crippen molar-refractivity contribution >= 4 is 11.5 Å². The number of halogens is 2. The van der Waals surface area contributed by atoms with Gasteiger partial charge in [0.25, 0.3) is 0 Å². The van der Waals surface area contributed by atoms with E-state index in [0.29, 0.717) is 30.1 Å². The second-order valence-corrected chi connectivity index (χ2v) is 6.28. The molecule has 1 atom stereocenters. The maximum atomic E-state index is 14.3. The highest BCUT2D eigenvalue weighted by molar-refractivity contribution is 5.61. The molecule has 0 radical (unpaired) electrons. The normalized spacial score (nSPS) is 17.1. The van der Waals surface area contributed by atoms with Gasteiger partial charge in [-0.2, -0.15) is 14.6 Å². The van der Waals surface area contributed by atoms with Crippen LogP contribution in [0.1, 0.15) is 24.6 Å². The quantitative estimate of drug-likeness (QED) is 0.517. The van der Waals surface area contributed by atoms with E-state index in [-0.39, 0.29) is 11.7 Å². The van der Waals surface area contributed by atoms with Crippen molar-refractivity contribution in [3.8, 4) is 5.69 Å². The number of anilines is 1. The summed E-state index contributed by atoms with van der Waals surface area (Å²) in [7, 11) is 0. The van der Waals surface area contributed by atoms with Crippen molar-refractivity contribution < 1.29 is 8.78 Å². The molecule has 0 spiro atoms. The molecule has 1 aliphatic rings. The minimum absolute atomic E-state index is 0.110. The van der Waals surface area contributed by atoms with Crippen molar-refractivity contribution in [1.82, 2.24) is 34.3 Å². The van der Waals surface area contributed by atoms with Crippen LogP contribution in [0.15, 0.2) is 43.2 Å². The maximum Gasteiger partial charge on any atom is 0.213 e. The van der Waals surface area contributed by atoms with Crippen LogP contribution >= 0.6 is 0 Å². The predicted molar refractivity (Wildman–Crippen MR) is 91.4 cm³/mol. The summed E-state index contributed by atoms with van der Waals surface area (Å²) in [6.45, 7) is 0.679. The number of aromatic nitrogens is 7. The van der Waals surface area contributed by atoms with Crippen LogP contribution in [0.25, 0.3) is 11.3 Å². The average molecular weight is 368 g/mol. The summed E-state index contributed by atoms with van der Waals surface area (Å²) >= 11 is 0. The lowest BCUT2D eigenvalue weighted by Gasteiger charge is -2.25. The Hall–Kier alpha value is -3.43. The molecule has 1 fully saturated rings. The van der Waals surface area contributed by atoms with Gasteiger partial charge < -0.3 is 4.90 Å². The number of nitrogens with zero attached hydrogens (tertiary/aromatic N) is 8. The summed E-state index contributed by atoms with van der Waals surface area (Å²) in [5.74, 6) is -0.551. The van der Waals surface area contributed by atoms with Crippen molar-refractivity contribution in [2.24, 2.45) is 0 Å². The first-order valence-corrected chi connectivity index (χ1v) is 8.49. The van der Waals surface area contributed by atoms with Gasteiger partial charge in [-0.15, -0.1) is 0 Å². The summed E-state index contributed by atoms with van der Waals surface area (Å²) in [5, 5.41) is 8.39. The second-order valence-electron chi connectivity index (χ2n) is 6.28. The predicted octanol–water partition coefficient (Wildman–Crippen LogP) is 2.32. The molecule has 1 unspecified atom stereocenters. The van der Waals surface area contributed by atoms with Crippen molar-refractivity contribution in [1.29, 1.82) is 0 Å². The van der Waals surface area contributed by atoms with E-state index in [4.69, 9.17) is 4.98 Å². The molecule has 5 heterocycles. The van der Waals surface area contributed by atoms with E-state index in [0.717, 1.165) is 18.6 Å². The summed E-state index contributed by atoms with van der Waals surface area (Å²) in [4.78, 5) is 14.4. The van der Waals surface area contributed by atoms with Gasteiger partial charge >= 0.3 is 0 Å². The standard InChI is InChI=1S/C17H14F2N8/c18-11-3-4-14(19)23-16(11)12-2-1-6-25(12)15-5-7-26-17(24-15)13(8-21-26)27-10-20-9-22-27/h3-5,7-10,12H,1-2,6H2. The zero-order chi connectivity index (χ0) is 18.4. The monoisotopic (exact) mass is 368 g/mol. The van der Waals surface area contributed by atoms with Crippen LogP contribution in [0.3, 0.4) is 0 Å². The molecule has 0 saturated carbocycles. The maximum absolute atomic E-state index is 14.3. The molecule has 0 amide bonds. The zero-order valence-electron chi connectivity index (χ0n) is 14.1. The molecule has 10 heteroatoms. The Kier molecular flexibility index (Phi) is 3.56. The van der Waals surface area contributed by atoms with Gasteiger partial charge in [0.15, 0.2) is 5.65 Å². The zero-order valence-corrected chi connectivity index (χ0v) is 14.1. The highest BCUT2D eigenvalue weighted by Crippen LogP contribution is 2.35. The molecule has 1 saturated heterocycles. The van der Waals surface area contributed by atoms with Crippen molar-refractivity contribution in [2.45, 2.75) is 18.9 Å². The van der Waals surface area contributed by atoms with Gasteiger partial charge in [0, 0.05) is 12.7 Å². The van der Waals surface area contributed by atoms with E-state index in [1.54, 1.807) is 34.0 Å². The smallest absolute Gasteiger partial charge is 0.213 e. The molecule has 4 aromatic rings.